The van der Waals surface area contributed by atoms with E-state index >= 15 is 0 Å². The molecule has 0 radical (unpaired) electrons. The second kappa shape index (κ2) is 9.61. The van der Waals surface area contributed by atoms with E-state index in [4.69, 9.17) is 0 Å². The van der Waals surface area contributed by atoms with Crippen LogP contribution in [0.5, 0.6) is 0 Å². The molecule has 3 saturated heterocycles. The first kappa shape index (κ1) is 20.2. The van der Waals surface area contributed by atoms with Gasteiger partial charge >= 0.3 is 0 Å². The van der Waals surface area contributed by atoms with Gasteiger partial charge in [0.2, 0.25) is 11.8 Å². The molecular formula is C23H34N4O2. The average Bonchev–Trinajstić information content (AvgIpc) is 2.76. The summed E-state index contributed by atoms with van der Waals surface area (Å²) in [6, 6.07) is 8.05. The van der Waals surface area contributed by atoms with E-state index in [0.717, 1.165) is 30.6 Å². The van der Waals surface area contributed by atoms with Crippen molar-refractivity contribution in [1.82, 2.24) is 10.6 Å². The van der Waals surface area contributed by atoms with Crippen molar-refractivity contribution in [1.29, 1.82) is 0 Å². The Balaban J connectivity index is 1.21. The quantitative estimate of drug-likeness (QED) is 0.643. The van der Waals surface area contributed by atoms with Crippen molar-refractivity contribution in [2.45, 2.75) is 57.4 Å². The Morgan fingerprint density at radius 3 is 2.21 bits per heavy atom. The Bertz CT molecular complexity index is 691. The highest BCUT2D eigenvalue weighted by molar-refractivity contribution is 6.01. The molecule has 1 aromatic carbocycles. The van der Waals surface area contributed by atoms with E-state index in [1.54, 1.807) is 0 Å². The van der Waals surface area contributed by atoms with Gasteiger partial charge in [0.05, 0.1) is 0 Å². The van der Waals surface area contributed by atoms with Crippen molar-refractivity contribution < 1.29 is 9.59 Å². The van der Waals surface area contributed by atoms with Gasteiger partial charge < -0.3 is 15.5 Å². The zero-order chi connectivity index (χ0) is 20.1. The number of nitrogens with zero attached hydrogens (tertiary/aromatic N) is 1. The van der Waals surface area contributed by atoms with Gasteiger partial charge in [-0.05, 0) is 81.3 Å². The van der Waals surface area contributed by atoms with Crippen LogP contribution in [0.3, 0.4) is 0 Å². The number of carbonyl (C=O) groups is 2. The normalized spacial score (nSPS) is 24.4. The first-order valence-electron chi connectivity index (χ1n) is 11.3. The van der Waals surface area contributed by atoms with E-state index in [1.165, 1.54) is 57.3 Å². The van der Waals surface area contributed by atoms with Crippen molar-refractivity contribution in [2.75, 3.05) is 36.4 Å². The number of rotatable bonds is 6. The van der Waals surface area contributed by atoms with Gasteiger partial charge in [-0.15, -0.1) is 0 Å². The van der Waals surface area contributed by atoms with Crippen LogP contribution < -0.4 is 20.9 Å². The molecule has 3 aliphatic heterocycles. The molecule has 29 heavy (non-hydrogen) atoms. The highest BCUT2D eigenvalue weighted by Crippen LogP contribution is 2.29. The van der Waals surface area contributed by atoms with Crippen LogP contribution in [0.1, 0.15) is 51.4 Å². The molecule has 1 aromatic rings. The molecule has 3 aliphatic rings. The highest BCUT2D eigenvalue weighted by Gasteiger charge is 2.26. The molecule has 0 aliphatic carbocycles. The zero-order valence-corrected chi connectivity index (χ0v) is 17.3. The summed E-state index contributed by atoms with van der Waals surface area (Å²) in [5.74, 6) is 1.42. The number of benzene rings is 1. The van der Waals surface area contributed by atoms with Crippen LogP contribution in [0.4, 0.5) is 11.4 Å². The van der Waals surface area contributed by atoms with Crippen molar-refractivity contribution in [2.24, 2.45) is 11.8 Å². The van der Waals surface area contributed by atoms with Gasteiger partial charge in [0.15, 0.2) is 0 Å². The van der Waals surface area contributed by atoms with E-state index in [9.17, 15) is 9.59 Å². The SMILES string of the molecule is O=C1CCC(Nc2ccc(N3CCC(CCC4CCNCC4)CC3)cc2)C(=O)N1. The molecule has 0 saturated carbocycles. The van der Waals surface area contributed by atoms with E-state index < -0.39 is 0 Å². The van der Waals surface area contributed by atoms with Gasteiger partial charge in [0, 0.05) is 30.9 Å². The summed E-state index contributed by atoms with van der Waals surface area (Å²) in [5, 5.41) is 9.11. The number of anilines is 2. The molecule has 0 aromatic heterocycles. The molecule has 0 spiro atoms. The molecule has 2 amide bonds. The fourth-order valence-electron chi connectivity index (χ4n) is 4.92. The minimum absolute atomic E-state index is 0.178. The summed E-state index contributed by atoms with van der Waals surface area (Å²) in [6.45, 7) is 4.68. The lowest BCUT2D eigenvalue weighted by Crippen LogP contribution is -2.47. The molecule has 3 N–H and O–H groups in total. The van der Waals surface area contributed by atoms with E-state index in [2.05, 4.69) is 33.0 Å². The third-order valence-electron chi connectivity index (χ3n) is 6.87. The molecular weight excluding hydrogens is 364 g/mol. The number of hydrogen-bond acceptors (Lipinski definition) is 5. The van der Waals surface area contributed by atoms with Crippen molar-refractivity contribution >= 4 is 23.2 Å². The predicted octanol–water partition coefficient (Wildman–Crippen LogP) is 2.90. The van der Waals surface area contributed by atoms with Crippen LogP contribution in [0.25, 0.3) is 0 Å². The summed E-state index contributed by atoms with van der Waals surface area (Å²) in [7, 11) is 0. The van der Waals surface area contributed by atoms with Gasteiger partial charge in [-0.3, -0.25) is 14.9 Å². The predicted molar refractivity (Wildman–Crippen MR) is 116 cm³/mol. The van der Waals surface area contributed by atoms with Crippen LogP contribution in [-0.2, 0) is 9.59 Å². The maximum absolute atomic E-state index is 11.9. The second-order valence-corrected chi connectivity index (χ2v) is 8.90. The van der Waals surface area contributed by atoms with Gasteiger partial charge in [-0.1, -0.05) is 12.8 Å². The summed E-state index contributed by atoms with van der Waals surface area (Å²) < 4.78 is 0. The molecule has 3 fully saturated rings. The van der Waals surface area contributed by atoms with Gasteiger partial charge in [0.25, 0.3) is 0 Å². The lowest BCUT2D eigenvalue weighted by molar-refractivity contribution is -0.133. The Morgan fingerprint density at radius 2 is 1.55 bits per heavy atom. The smallest absolute Gasteiger partial charge is 0.249 e. The second-order valence-electron chi connectivity index (χ2n) is 8.90. The van der Waals surface area contributed by atoms with Crippen LogP contribution in [0, 0.1) is 11.8 Å². The fraction of sp³-hybridized carbons (Fsp3) is 0.652. The summed E-state index contributed by atoms with van der Waals surface area (Å²) in [5.41, 5.74) is 2.19. The van der Waals surface area contributed by atoms with E-state index in [-0.39, 0.29) is 17.9 Å². The molecule has 4 rings (SSSR count). The highest BCUT2D eigenvalue weighted by atomic mass is 16.2. The summed E-state index contributed by atoms with van der Waals surface area (Å²) in [6.07, 6.45) is 9.06. The number of nitrogens with one attached hydrogen (secondary N) is 3. The Kier molecular flexibility index (Phi) is 6.70. The van der Waals surface area contributed by atoms with E-state index in [0.29, 0.717) is 12.8 Å². The number of imide groups is 1. The maximum atomic E-state index is 11.9. The minimum Gasteiger partial charge on any atom is -0.374 e. The largest absolute Gasteiger partial charge is 0.374 e. The molecule has 6 heteroatoms. The molecule has 1 atom stereocenters. The van der Waals surface area contributed by atoms with Crippen LogP contribution in [0.15, 0.2) is 24.3 Å². The fourth-order valence-corrected chi connectivity index (χ4v) is 4.92. The lowest BCUT2D eigenvalue weighted by Gasteiger charge is -2.34. The van der Waals surface area contributed by atoms with Crippen LogP contribution in [0.2, 0.25) is 0 Å². The molecule has 3 heterocycles. The number of piperidine rings is 3. The number of carbonyl (C=O) groups excluding carboxylic acids is 2. The maximum Gasteiger partial charge on any atom is 0.249 e. The Hall–Kier alpha value is -2.08. The van der Waals surface area contributed by atoms with Gasteiger partial charge in [0.1, 0.15) is 6.04 Å². The third-order valence-corrected chi connectivity index (χ3v) is 6.87. The van der Waals surface area contributed by atoms with Gasteiger partial charge in [-0.2, -0.15) is 0 Å². The summed E-state index contributed by atoms with van der Waals surface area (Å²) in [4.78, 5) is 25.7. The molecule has 6 nitrogen and oxygen atoms in total. The summed E-state index contributed by atoms with van der Waals surface area (Å²) >= 11 is 0. The Labute approximate surface area is 173 Å². The molecule has 0 bridgehead atoms. The van der Waals surface area contributed by atoms with Crippen molar-refractivity contribution in [3.05, 3.63) is 24.3 Å². The molecule has 158 valence electrons. The lowest BCUT2D eigenvalue weighted by atomic mass is 9.85. The number of amides is 2. The van der Waals surface area contributed by atoms with Crippen molar-refractivity contribution in [3.63, 3.8) is 0 Å². The molecule has 1 unspecified atom stereocenters. The van der Waals surface area contributed by atoms with Gasteiger partial charge in [-0.25, -0.2) is 0 Å². The van der Waals surface area contributed by atoms with Crippen molar-refractivity contribution in [3.8, 4) is 0 Å². The standard InChI is InChI=1S/C23H34N4O2/c28-22-8-7-21(23(29)26-22)25-19-3-5-20(6-4-19)27-15-11-18(12-16-27)2-1-17-9-13-24-14-10-17/h3-6,17-18,21,24-25H,1-2,7-16H2,(H,26,28,29). The van der Waals surface area contributed by atoms with E-state index in [1.807, 2.05) is 12.1 Å². The van der Waals surface area contributed by atoms with Crippen LogP contribution in [-0.4, -0.2) is 44.0 Å². The third kappa shape index (κ3) is 5.50. The van der Waals surface area contributed by atoms with Crippen LogP contribution >= 0.6 is 0 Å². The average molecular weight is 399 g/mol. The monoisotopic (exact) mass is 398 g/mol. The minimum atomic E-state index is -0.325. The first-order valence-corrected chi connectivity index (χ1v) is 11.3. The topological polar surface area (TPSA) is 73.5 Å². The first-order chi connectivity index (χ1) is 14.2. The zero-order valence-electron chi connectivity index (χ0n) is 17.3. The number of hydrogen-bond donors (Lipinski definition) is 3. The Morgan fingerprint density at radius 1 is 0.897 bits per heavy atom.